The highest BCUT2D eigenvalue weighted by Gasteiger charge is 2.26. The topological polar surface area (TPSA) is 60.9 Å². The molecular weight excluding hydrogens is 228 g/mol. The van der Waals surface area contributed by atoms with Crippen LogP contribution in [-0.4, -0.2) is 64.6 Å². The summed E-state index contributed by atoms with van der Waals surface area (Å²) < 4.78 is 0. The van der Waals surface area contributed by atoms with Crippen molar-refractivity contribution in [2.45, 2.75) is 19.4 Å². The van der Waals surface area contributed by atoms with Crippen LogP contribution in [0.15, 0.2) is 0 Å². The predicted molar refractivity (Wildman–Crippen MR) is 63.8 cm³/mol. The molecule has 0 aromatic heterocycles. The van der Waals surface area contributed by atoms with Gasteiger partial charge in [0.2, 0.25) is 0 Å². The molecule has 92 valence electrons. The van der Waals surface area contributed by atoms with Crippen LogP contribution in [0.5, 0.6) is 0 Å². The van der Waals surface area contributed by atoms with E-state index in [1.54, 1.807) is 11.9 Å². The molecule has 6 heteroatoms. The molecule has 16 heavy (non-hydrogen) atoms. The number of hydrogen-bond acceptors (Lipinski definition) is 3. The number of rotatable bonds is 2. The number of carboxylic acid groups (broad SMARTS) is 1. The minimum Gasteiger partial charge on any atom is -0.480 e. The van der Waals surface area contributed by atoms with E-state index in [4.69, 9.17) is 5.11 Å². The Morgan fingerprint density at radius 1 is 1.38 bits per heavy atom. The smallest absolute Gasteiger partial charge is 0.326 e. The average molecular weight is 246 g/mol. The number of nitrogens with zero attached hydrogens (tertiary/aromatic N) is 2. The van der Waals surface area contributed by atoms with Crippen LogP contribution in [0, 0.1) is 0 Å². The molecule has 0 aromatic carbocycles. The molecule has 1 aliphatic rings. The third-order valence-corrected chi connectivity index (χ3v) is 3.78. The second-order valence-electron chi connectivity index (χ2n) is 3.86. The highest BCUT2D eigenvalue weighted by Crippen LogP contribution is 2.12. The summed E-state index contributed by atoms with van der Waals surface area (Å²) in [5.41, 5.74) is 0. The molecule has 0 aliphatic carbocycles. The zero-order valence-corrected chi connectivity index (χ0v) is 10.5. The number of carbonyl (C=O) groups excluding carboxylic acids is 1. The lowest BCUT2D eigenvalue weighted by molar-refractivity contribution is -0.141. The van der Waals surface area contributed by atoms with Crippen LogP contribution >= 0.6 is 11.8 Å². The Morgan fingerprint density at radius 2 is 2.06 bits per heavy atom. The third kappa shape index (κ3) is 3.30. The number of hydrogen-bond donors (Lipinski definition) is 1. The number of aliphatic carboxylic acids is 1. The first-order valence-corrected chi connectivity index (χ1v) is 6.52. The molecule has 1 rings (SSSR count). The van der Waals surface area contributed by atoms with Crippen molar-refractivity contribution in [1.29, 1.82) is 0 Å². The predicted octanol–water partition coefficient (Wildman–Crippen LogP) is 0.950. The summed E-state index contributed by atoms with van der Waals surface area (Å²) in [6, 6.07) is -0.958. The second kappa shape index (κ2) is 5.98. The van der Waals surface area contributed by atoms with Gasteiger partial charge < -0.3 is 14.9 Å². The molecule has 2 amide bonds. The highest BCUT2D eigenvalue weighted by atomic mass is 32.2. The zero-order chi connectivity index (χ0) is 12.1. The minimum absolute atomic E-state index is 0.183. The van der Waals surface area contributed by atoms with Crippen molar-refractivity contribution in [3.05, 3.63) is 0 Å². The van der Waals surface area contributed by atoms with Gasteiger partial charge in [0.15, 0.2) is 0 Å². The second-order valence-corrected chi connectivity index (χ2v) is 5.09. The Hall–Kier alpha value is -0.910. The van der Waals surface area contributed by atoms with Gasteiger partial charge in [0.25, 0.3) is 0 Å². The van der Waals surface area contributed by atoms with Crippen LogP contribution in [0.2, 0.25) is 0 Å². The number of amides is 2. The van der Waals surface area contributed by atoms with Gasteiger partial charge >= 0.3 is 12.0 Å². The fourth-order valence-electron chi connectivity index (χ4n) is 1.49. The minimum atomic E-state index is -0.972. The van der Waals surface area contributed by atoms with E-state index in [-0.39, 0.29) is 6.03 Å². The lowest BCUT2D eigenvalue weighted by Gasteiger charge is -2.29. The van der Waals surface area contributed by atoms with E-state index >= 15 is 0 Å². The van der Waals surface area contributed by atoms with Crippen molar-refractivity contribution in [1.82, 2.24) is 9.80 Å². The Balaban J connectivity index is 2.57. The Kier molecular flexibility index (Phi) is 4.92. The summed E-state index contributed by atoms with van der Waals surface area (Å²) in [7, 11) is 1.54. The van der Waals surface area contributed by atoms with Crippen molar-refractivity contribution in [3.63, 3.8) is 0 Å². The van der Waals surface area contributed by atoms with Gasteiger partial charge in [0, 0.05) is 25.9 Å². The van der Waals surface area contributed by atoms with Gasteiger partial charge in [-0.05, 0) is 19.1 Å². The van der Waals surface area contributed by atoms with Gasteiger partial charge in [-0.25, -0.2) is 9.59 Å². The van der Waals surface area contributed by atoms with Crippen LogP contribution in [0.25, 0.3) is 0 Å². The molecule has 0 radical (unpaired) electrons. The normalized spacial score (nSPS) is 18.8. The lowest BCUT2D eigenvalue weighted by Crippen LogP contribution is -2.48. The van der Waals surface area contributed by atoms with Gasteiger partial charge in [-0.3, -0.25) is 0 Å². The van der Waals surface area contributed by atoms with Crippen molar-refractivity contribution in [3.8, 4) is 0 Å². The Bertz CT molecular complexity index is 265. The number of carboxylic acids is 1. The first-order valence-electron chi connectivity index (χ1n) is 5.36. The summed E-state index contributed by atoms with van der Waals surface area (Å²) in [6.07, 6.45) is 0.978. The molecule has 1 fully saturated rings. The molecule has 1 heterocycles. The summed E-state index contributed by atoms with van der Waals surface area (Å²) in [5, 5.41) is 8.84. The molecule has 5 nitrogen and oxygen atoms in total. The van der Waals surface area contributed by atoms with Gasteiger partial charge in [0.1, 0.15) is 6.04 Å². The van der Waals surface area contributed by atoms with Crippen molar-refractivity contribution >= 4 is 23.8 Å². The van der Waals surface area contributed by atoms with Crippen molar-refractivity contribution in [2.24, 2.45) is 0 Å². The molecule has 1 saturated heterocycles. The Labute approximate surface area is 99.8 Å². The van der Waals surface area contributed by atoms with Crippen LogP contribution in [0.3, 0.4) is 0 Å². The first-order chi connectivity index (χ1) is 7.54. The van der Waals surface area contributed by atoms with Crippen LogP contribution in [0.4, 0.5) is 4.79 Å². The monoisotopic (exact) mass is 246 g/mol. The molecule has 1 aliphatic heterocycles. The van der Waals surface area contributed by atoms with Crippen molar-refractivity contribution < 1.29 is 14.7 Å². The lowest BCUT2D eigenvalue weighted by atomic mass is 10.3. The summed E-state index contributed by atoms with van der Waals surface area (Å²) in [5.74, 6) is 1.03. The standard InChI is InChI=1S/C10H18N2O3S/c1-8(9(13)14)11(2)10(15)12-4-3-6-16-7-5-12/h8H,3-7H2,1-2H3,(H,13,14). The quantitative estimate of drug-likeness (QED) is 0.788. The molecule has 0 bridgehead atoms. The Morgan fingerprint density at radius 3 is 2.69 bits per heavy atom. The van der Waals surface area contributed by atoms with Gasteiger partial charge in [-0.15, -0.1) is 0 Å². The first kappa shape index (κ1) is 13.2. The number of thioether (sulfide) groups is 1. The third-order valence-electron chi connectivity index (χ3n) is 2.73. The highest BCUT2D eigenvalue weighted by molar-refractivity contribution is 7.99. The fourth-order valence-corrected chi connectivity index (χ4v) is 2.38. The van der Waals surface area contributed by atoms with E-state index in [0.717, 1.165) is 24.5 Å². The summed E-state index contributed by atoms with van der Waals surface area (Å²) >= 11 is 1.83. The molecule has 1 N–H and O–H groups in total. The summed E-state index contributed by atoms with van der Waals surface area (Å²) in [4.78, 5) is 25.8. The van der Waals surface area contributed by atoms with E-state index in [9.17, 15) is 9.59 Å². The van der Waals surface area contributed by atoms with E-state index in [0.29, 0.717) is 6.54 Å². The molecule has 1 atom stereocenters. The van der Waals surface area contributed by atoms with Gasteiger partial charge in [-0.1, -0.05) is 0 Å². The van der Waals surface area contributed by atoms with E-state index in [1.165, 1.54) is 11.8 Å². The maximum absolute atomic E-state index is 12.0. The maximum atomic E-state index is 12.0. The average Bonchev–Trinajstić information content (AvgIpc) is 2.54. The molecule has 0 aromatic rings. The number of carbonyl (C=O) groups is 2. The van der Waals surface area contributed by atoms with Crippen LogP contribution in [-0.2, 0) is 4.79 Å². The zero-order valence-electron chi connectivity index (χ0n) is 9.68. The molecular formula is C10H18N2O3S. The van der Waals surface area contributed by atoms with E-state index in [1.807, 2.05) is 11.8 Å². The number of likely N-dealkylation sites (N-methyl/N-ethyl adjacent to an activating group) is 1. The molecule has 0 spiro atoms. The van der Waals surface area contributed by atoms with Gasteiger partial charge in [-0.2, -0.15) is 11.8 Å². The van der Waals surface area contributed by atoms with Gasteiger partial charge in [0.05, 0.1) is 0 Å². The van der Waals surface area contributed by atoms with Crippen LogP contribution in [0.1, 0.15) is 13.3 Å². The molecule has 1 unspecified atom stereocenters. The largest absolute Gasteiger partial charge is 0.480 e. The molecule has 0 saturated carbocycles. The fraction of sp³-hybridized carbons (Fsp3) is 0.800. The van der Waals surface area contributed by atoms with E-state index in [2.05, 4.69) is 0 Å². The SMILES string of the molecule is CC(C(=O)O)N(C)C(=O)N1CCCSCC1. The maximum Gasteiger partial charge on any atom is 0.326 e. The summed E-state index contributed by atoms with van der Waals surface area (Å²) in [6.45, 7) is 2.95. The van der Waals surface area contributed by atoms with E-state index < -0.39 is 12.0 Å². The van der Waals surface area contributed by atoms with Crippen molar-refractivity contribution in [2.75, 3.05) is 31.6 Å². The van der Waals surface area contributed by atoms with Crippen LogP contribution < -0.4 is 0 Å². The number of urea groups is 1.